The minimum atomic E-state index is -4.02. The number of hydrogen-bond acceptors (Lipinski definition) is 3. The van der Waals surface area contributed by atoms with Gasteiger partial charge in [-0.1, -0.05) is 89.9 Å². The van der Waals surface area contributed by atoms with Gasteiger partial charge in [0, 0.05) is 28.0 Å². The second-order valence-corrected chi connectivity index (χ2v) is 12.2. The van der Waals surface area contributed by atoms with E-state index in [1.54, 1.807) is 47.4 Å². The first-order valence-corrected chi connectivity index (χ1v) is 14.5. The van der Waals surface area contributed by atoms with Gasteiger partial charge in [0.2, 0.25) is 15.9 Å². The minimum absolute atomic E-state index is 0.0341. The second-order valence-electron chi connectivity index (χ2n) is 9.45. The lowest BCUT2D eigenvalue weighted by Crippen LogP contribution is -2.38. The van der Waals surface area contributed by atoms with Crippen molar-refractivity contribution in [3.63, 3.8) is 0 Å². The third-order valence-corrected chi connectivity index (χ3v) is 9.25. The van der Waals surface area contributed by atoms with E-state index in [1.165, 1.54) is 4.31 Å². The molecule has 4 aromatic carbocycles. The lowest BCUT2D eigenvalue weighted by Gasteiger charge is -2.32. The smallest absolute Gasteiger partial charge is 0.243 e. The summed E-state index contributed by atoms with van der Waals surface area (Å²) < 4.78 is 29.4. The van der Waals surface area contributed by atoms with Crippen molar-refractivity contribution in [2.75, 3.05) is 11.4 Å². The molecule has 1 aliphatic rings. The number of hydrogen-bond donors (Lipinski definition) is 0. The lowest BCUT2D eigenvalue weighted by molar-refractivity contribution is -0.121. The summed E-state index contributed by atoms with van der Waals surface area (Å²) in [6.07, 6.45) is 0. The number of anilines is 2. The van der Waals surface area contributed by atoms with Crippen molar-refractivity contribution in [2.24, 2.45) is 5.92 Å². The molecular formula is C31H26Cl2N2O3S. The molecule has 1 amide bonds. The zero-order valence-electron chi connectivity index (χ0n) is 21.2. The van der Waals surface area contributed by atoms with Gasteiger partial charge in [-0.25, -0.2) is 8.42 Å². The highest BCUT2D eigenvalue weighted by atomic mass is 35.5. The quantitative estimate of drug-likeness (QED) is 0.222. The van der Waals surface area contributed by atoms with Crippen LogP contribution in [0.3, 0.4) is 0 Å². The van der Waals surface area contributed by atoms with Gasteiger partial charge in [-0.3, -0.25) is 9.69 Å². The van der Waals surface area contributed by atoms with Crippen LogP contribution in [0.4, 0.5) is 11.4 Å². The third kappa shape index (κ3) is 5.25. The molecule has 5 nitrogen and oxygen atoms in total. The van der Waals surface area contributed by atoms with E-state index in [0.717, 1.165) is 5.56 Å². The molecule has 4 aromatic rings. The summed E-state index contributed by atoms with van der Waals surface area (Å²) >= 11 is 12.9. The Balaban J connectivity index is 1.67. The summed E-state index contributed by atoms with van der Waals surface area (Å²) in [7, 11) is -4.02. The number of benzene rings is 4. The van der Waals surface area contributed by atoms with Crippen molar-refractivity contribution in [3.8, 4) is 0 Å². The van der Waals surface area contributed by atoms with E-state index in [9.17, 15) is 13.2 Å². The van der Waals surface area contributed by atoms with E-state index in [2.05, 4.69) is 6.58 Å². The molecule has 0 spiro atoms. The maximum absolute atomic E-state index is 14.5. The Morgan fingerprint density at radius 1 is 0.872 bits per heavy atom. The zero-order chi connectivity index (χ0) is 27.7. The van der Waals surface area contributed by atoms with Crippen LogP contribution < -0.4 is 4.90 Å². The summed E-state index contributed by atoms with van der Waals surface area (Å²) in [6.45, 7) is 6.05. The van der Waals surface area contributed by atoms with Crippen molar-refractivity contribution < 1.29 is 13.2 Å². The van der Waals surface area contributed by atoms with Crippen LogP contribution in [0, 0.1) is 12.8 Å². The average Bonchev–Trinajstić information content (AvgIpc) is 3.28. The standard InChI is InChI=1S/C31H26Cl2N2O3S/c1-21-13-16-26(17-14-21)39(37,38)34-20-22(2)29(30(34)27-18-15-23(32)19-28(27)33)31(36)35(24-9-5-3-6-10-24)25-11-7-4-8-12-25/h3-19,29-30H,2,20H2,1H3/t29-,30-/m0/s1. The van der Waals surface area contributed by atoms with Gasteiger partial charge in [0.1, 0.15) is 0 Å². The first-order chi connectivity index (χ1) is 18.7. The second kappa shape index (κ2) is 11.0. The first-order valence-electron chi connectivity index (χ1n) is 12.3. The fourth-order valence-corrected chi connectivity index (χ4v) is 7.09. The topological polar surface area (TPSA) is 57.7 Å². The third-order valence-electron chi connectivity index (χ3n) is 6.85. The molecule has 39 heavy (non-hydrogen) atoms. The molecule has 5 rings (SSSR count). The number of carbonyl (C=O) groups is 1. The monoisotopic (exact) mass is 576 g/mol. The number of nitrogens with zero attached hydrogens (tertiary/aromatic N) is 2. The van der Waals surface area contributed by atoms with Crippen LogP contribution >= 0.6 is 23.2 Å². The Labute approximate surface area is 239 Å². The van der Waals surface area contributed by atoms with Gasteiger partial charge >= 0.3 is 0 Å². The highest BCUT2D eigenvalue weighted by Gasteiger charge is 2.50. The van der Waals surface area contributed by atoms with E-state index in [4.69, 9.17) is 23.2 Å². The number of carbonyl (C=O) groups excluding carboxylic acids is 1. The number of aryl methyl sites for hydroxylation is 1. The van der Waals surface area contributed by atoms with Crippen molar-refractivity contribution >= 4 is 50.5 Å². The molecule has 1 heterocycles. The summed E-state index contributed by atoms with van der Waals surface area (Å²) in [6, 6.07) is 29.1. The molecule has 0 N–H and O–H groups in total. The molecule has 0 radical (unpaired) electrons. The lowest BCUT2D eigenvalue weighted by atomic mass is 9.90. The Hall–Kier alpha value is -3.42. The van der Waals surface area contributed by atoms with Crippen LogP contribution in [0.2, 0.25) is 10.0 Å². The van der Waals surface area contributed by atoms with Gasteiger partial charge in [-0.2, -0.15) is 4.31 Å². The summed E-state index contributed by atoms with van der Waals surface area (Å²) in [5, 5.41) is 0.682. The molecule has 0 aliphatic carbocycles. The van der Waals surface area contributed by atoms with E-state index >= 15 is 0 Å². The molecule has 198 valence electrons. The molecular weight excluding hydrogens is 551 g/mol. The largest absolute Gasteiger partial charge is 0.280 e. The fourth-order valence-electron chi connectivity index (χ4n) is 4.95. The van der Waals surface area contributed by atoms with Crippen LogP contribution in [-0.2, 0) is 14.8 Å². The number of amides is 1. The van der Waals surface area contributed by atoms with Crippen LogP contribution in [0.25, 0.3) is 0 Å². The number of rotatable bonds is 6. The number of para-hydroxylation sites is 2. The molecule has 0 unspecified atom stereocenters. The van der Waals surface area contributed by atoms with Gasteiger partial charge in [0.25, 0.3) is 0 Å². The van der Waals surface area contributed by atoms with Crippen LogP contribution in [0.15, 0.2) is 120 Å². The van der Waals surface area contributed by atoms with Crippen molar-refractivity contribution in [3.05, 3.63) is 136 Å². The molecule has 1 aliphatic heterocycles. The molecule has 1 saturated heterocycles. The maximum Gasteiger partial charge on any atom is 0.243 e. The number of sulfonamides is 1. The number of halogens is 2. The van der Waals surface area contributed by atoms with Crippen LogP contribution in [0.5, 0.6) is 0 Å². The first kappa shape index (κ1) is 27.2. The van der Waals surface area contributed by atoms with Crippen LogP contribution in [0.1, 0.15) is 17.2 Å². The Kier molecular flexibility index (Phi) is 7.65. The summed E-state index contributed by atoms with van der Waals surface area (Å²) in [5.74, 6) is -1.22. The SMILES string of the molecule is C=C1CN(S(=O)(=O)c2ccc(C)cc2)[C@@H](c2ccc(Cl)cc2Cl)[C@H]1C(=O)N(c1ccccc1)c1ccccc1. The van der Waals surface area contributed by atoms with Crippen molar-refractivity contribution in [1.29, 1.82) is 0 Å². The zero-order valence-corrected chi connectivity index (χ0v) is 23.5. The van der Waals surface area contributed by atoms with Gasteiger partial charge < -0.3 is 0 Å². The van der Waals surface area contributed by atoms with E-state index in [0.29, 0.717) is 27.5 Å². The Morgan fingerprint density at radius 3 is 1.97 bits per heavy atom. The predicted octanol–water partition coefficient (Wildman–Crippen LogP) is 7.58. The Bertz CT molecular complexity index is 1590. The van der Waals surface area contributed by atoms with Gasteiger partial charge in [-0.15, -0.1) is 0 Å². The Morgan fingerprint density at radius 2 is 1.44 bits per heavy atom. The molecule has 0 aromatic heterocycles. The average molecular weight is 578 g/mol. The van der Waals surface area contributed by atoms with Crippen molar-refractivity contribution in [1.82, 2.24) is 4.31 Å². The minimum Gasteiger partial charge on any atom is -0.280 e. The van der Waals surface area contributed by atoms with E-state index < -0.39 is 22.0 Å². The van der Waals surface area contributed by atoms with Gasteiger partial charge in [0.15, 0.2) is 0 Å². The van der Waals surface area contributed by atoms with E-state index in [1.807, 2.05) is 67.6 Å². The van der Waals surface area contributed by atoms with Gasteiger partial charge in [-0.05, 0) is 66.6 Å². The predicted molar refractivity (Wildman–Crippen MR) is 157 cm³/mol. The maximum atomic E-state index is 14.5. The molecule has 1 fully saturated rings. The fraction of sp³-hybridized carbons (Fsp3) is 0.129. The highest BCUT2D eigenvalue weighted by Crippen LogP contribution is 2.47. The van der Waals surface area contributed by atoms with E-state index in [-0.39, 0.29) is 22.4 Å². The summed E-state index contributed by atoms with van der Waals surface area (Å²) in [4.78, 5) is 16.3. The molecule has 8 heteroatoms. The van der Waals surface area contributed by atoms with Crippen LogP contribution in [-0.4, -0.2) is 25.2 Å². The van der Waals surface area contributed by atoms with Gasteiger partial charge in [0.05, 0.1) is 16.9 Å². The van der Waals surface area contributed by atoms with Crippen molar-refractivity contribution in [2.45, 2.75) is 17.9 Å². The molecule has 2 atom stereocenters. The summed E-state index contributed by atoms with van der Waals surface area (Å²) in [5.41, 5.74) is 3.20. The normalized spacial score (nSPS) is 17.8. The molecule has 0 bridgehead atoms. The molecule has 0 saturated carbocycles. The highest BCUT2D eigenvalue weighted by molar-refractivity contribution is 7.89.